The first-order valence-corrected chi connectivity index (χ1v) is 8.13. The molecule has 2 aliphatic heterocycles. The Balaban J connectivity index is 0.000000217. The Morgan fingerprint density at radius 2 is 1.35 bits per heavy atom. The van der Waals surface area contributed by atoms with Crippen LogP contribution in [0.2, 0.25) is 0 Å². The van der Waals surface area contributed by atoms with Crippen LogP contribution in [0.1, 0.15) is 40.5 Å². The van der Waals surface area contributed by atoms with Crippen LogP contribution >= 0.6 is 0 Å². The molecule has 0 bridgehead atoms. The highest BCUT2D eigenvalue weighted by Crippen LogP contribution is 2.10. The molecule has 0 aromatic heterocycles. The predicted molar refractivity (Wildman–Crippen MR) is 84.9 cm³/mol. The molecule has 20 heavy (non-hydrogen) atoms. The lowest BCUT2D eigenvalue weighted by molar-refractivity contribution is -0.136. The number of piperazine rings is 1. The summed E-state index contributed by atoms with van der Waals surface area (Å²) < 4.78 is 0. The number of hydrogen-bond donors (Lipinski definition) is 0. The smallest absolute Gasteiger partial charge is 0.225 e. The Morgan fingerprint density at radius 3 is 1.70 bits per heavy atom. The third kappa shape index (κ3) is 5.80. The minimum absolute atomic E-state index is 0.147. The molecule has 2 fully saturated rings. The van der Waals surface area contributed by atoms with E-state index >= 15 is 0 Å². The highest BCUT2D eigenvalue weighted by atomic mass is 16.2. The van der Waals surface area contributed by atoms with Gasteiger partial charge in [-0.15, -0.1) is 0 Å². The van der Waals surface area contributed by atoms with Gasteiger partial charge in [0.05, 0.1) is 0 Å². The Hall–Kier alpha value is -0.610. The van der Waals surface area contributed by atoms with Crippen molar-refractivity contribution < 1.29 is 4.79 Å². The lowest BCUT2D eigenvalue weighted by Gasteiger charge is -2.33. The van der Waals surface area contributed by atoms with Crippen LogP contribution in [0.25, 0.3) is 0 Å². The van der Waals surface area contributed by atoms with E-state index in [1.54, 1.807) is 0 Å². The highest BCUT2D eigenvalue weighted by Gasteiger charge is 2.20. The number of carbonyl (C=O) groups excluding carboxylic acids is 1. The fourth-order valence-corrected chi connectivity index (χ4v) is 2.65. The fourth-order valence-electron chi connectivity index (χ4n) is 2.65. The zero-order chi connectivity index (χ0) is 15.1. The number of likely N-dealkylation sites (tertiary alicyclic amines) is 1. The van der Waals surface area contributed by atoms with Crippen molar-refractivity contribution >= 4 is 5.91 Å². The van der Waals surface area contributed by atoms with Gasteiger partial charge in [0.2, 0.25) is 5.91 Å². The lowest BCUT2D eigenvalue weighted by Crippen LogP contribution is -2.48. The first-order valence-electron chi connectivity index (χ1n) is 8.13. The van der Waals surface area contributed by atoms with Gasteiger partial charge in [-0.2, -0.15) is 0 Å². The van der Waals surface area contributed by atoms with Crippen molar-refractivity contribution in [2.24, 2.45) is 5.92 Å². The standard InChI is InChI=1S/C9H18N2O.C7H15N/c1-8(2)9(12)11-6-4-10(3)5-7-11;1-7(2)8-5-3-4-6-8/h8H,4-7H2,1-3H3;7H,3-6H2,1-2H3. The maximum atomic E-state index is 11.5. The summed E-state index contributed by atoms with van der Waals surface area (Å²) >= 11 is 0. The molecule has 1 amide bonds. The molecule has 0 spiro atoms. The van der Waals surface area contributed by atoms with Gasteiger partial charge in [-0.3, -0.25) is 4.79 Å². The first-order chi connectivity index (χ1) is 9.41. The normalized spacial score (nSPS) is 21.2. The molecule has 0 unspecified atom stereocenters. The summed E-state index contributed by atoms with van der Waals surface area (Å²) in [4.78, 5) is 18.3. The number of likely N-dealkylation sites (N-methyl/N-ethyl adjacent to an activating group) is 1. The topological polar surface area (TPSA) is 26.8 Å². The van der Waals surface area contributed by atoms with Crippen molar-refractivity contribution in [2.75, 3.05) is 46.3 Å². The van der Waals surface area contributed by atoms with Gasteiger partial charge in [0, 0.05) is 38.1 Å². The predicted octanol–water partition coefficient (Wildman–Crippen LogP) is 1.91. The van der Waals surface area contributed by atoms with E-state index in [0.717, 1.165) is 32.2 Å². The summed E-state index contributed by atoms with van der Waals surface area (Å²) in [5.74, 6) is 0.441. The molecule has 2 rings (SSSR count). The summed E-state index contributed by atoms with van der Waals surface area (Å²) in [5.41, 5.74) is 0. The molecule has 2 heterocycles. The molecule has 0 aromatic rings. The molecule has 2 aliphatic rings. The molecule has 0 atom stereocenters. The average Bonchev–Trinajstić information content (AvgIpc) is 2.93. The number of hydrogen-bond acceptors (Lipinski definition) is 3. The number of amides is 1. The Morgan fingerprint density at radius 1 is 0.850 bits per heavy atom. The van der Waals surface area contributed by atoms with Crippen LogP contribution < -0.4 is 0 Å². The van der Waals surface area contributed by atoms with Crippen LogP contribution in [0, 0.1) is 5.92 Å². The third-order valence-corrected chi connectivity index (χ3v) is 4.18. The van der Waals surface area contributed by atoms with Gasteiger partial charge in [0.15, 0.2) is 0 Å². The maximum absolute atomic E-state index is 11.5. The van der Waals surface area contributed by atoms with Gasteiger partial charge >= 0.3 is 0 Å². The molecule has 0 saturated carbocycles. The molecule has 0 N–H and O–H groups in total. The van der Waals surface area contributed by atoms with Gasteiger partial charge < -0.3 is 14.7 Å². The highest BCUT2D eigenvalue weighted by molar-refractivity contribution is 5.78. The SMILES string of the molecule is CC(C)C(=O)N1CCN(C)CC1.CC(C)N1CCCC1. The Bertz CT molecular complexity index is 277. The quantitative estimate of drug-likeness (QED) is 0.774. The second-order valence-corrected chi connectivity index (χ2v) is 6.62. The van der Waals surface area contributed by atoms with Crippen molar-refractivity contribution in [2.45, 2.75) is 46.6 Å². The summed E-state index contributed by atoms with van der Waals surface area (Å²) in [6, 6.07) is 0.775. The van der Waals surface area contributed by atoms with Crippen LogP contribution in [0.4, 0.5) is 0 Å². The Labute approximate surface area is 125 Å². The van der Waals surface area contributed by atoms with Gasteiger partial charge in [-0.25, -0.2) is 0 Å². The second-order valence-electron chi connectivity index (χ2n) is 6.62. The van der Waals surface area contributed by atoms with E-state index in [9.17, 15) is 4.79 Å². The van der Waals surface area contributed by atoms with Gasteiger partial charge in [0.1, 0.15) is 0 Å². The number of rotatable bonds is 2. The van der Waals surface area contributed by atoms with E-state index in [2.05, 4.69) is 30.7 Å². The van der Waals surface area contributed by atoms with Gasteiger partial charge in [0.25, 0.3) is 0 Å². The Kier molecular flexibility index (Phi) is 7.52. The minimum atomic E-state index is 0.147. The van der Waals surface area contributed by atoms with Crippen molar-refractivity contribution in [3.8, 4) is 0 Å². The number of carbonyl (C=O) groups is 1. The molecule has 2 saturated heterocycles. The van der Waals surface area contributed by atoms with E-state index in [-0.39, 0.29) is 5.92 Å². The van der Waals surface area contributed by atoms with Crippen LogP contribution in [-0.2, 0) is 4.79 Å². The summed E-state index contributed by atoms with van der Waals surface area (Å²) in [6.45, 7) is 14.9. The van der Waals surface area contributed by atoms with Crippen LogP contribution in [0.3, 0.4) is 0 Å². The molecular formula is C16H33N3O. The third-order valence-electron chi connectivity index (χ3n) is 4.18. The van der Waals surface area contributed by atoms with Crippen molar-refractivity contribution in [1.29, 1.82) is 0 Å². The maximum Gasteiger partial charge on any atom is 0.225 e. The van der Waals surface area contributed by atoms with E-state index < -0.39 is 0 Å². The van der Waals surface area contributed by atoms with Crippen LogP contribution in [0.15, 0.2) is 0 Å². The van der Waals surface area contributed by atoms with E-state index in [4.69, 9.17) is 0 Å². The molecule has 0 radical (unpaired) electrons. The summed E-state index contributed by atoms with van der Waals surface area (Å²) in [5, 5.41) is 0. The van der Waals surface area contributed by atoms with E-state index in [1.807, 2.05) is 18.7 Å². The van der Waals surface area contributed by atoms with E-state index in [0.29, 0.717) is 5.91 Å². The van der Waals surface area contributed by atoms with E-state index in [1.165, 1.54) is 25.9 Å². The molecule has 4 nitrogen and oxygen atoms in total. The van der Waals surface area contributed by atoms with Crippen molar-refractivity contribution in [3.05, 3.63) is 0 Å². The minimum Gasteiger partial charge on any atom is -0.340 e. The molecule has 0 aromatic carbocycles. The van der Waals surface area contributed by atoms with Gasteiger partial charge in [-0.1, -0.05) is 13.8 Å². The first kappa shape index (κ1) is 17.4. The molecular weight excluding hydrogens is 250 g/mol. The lowest BCUT2D eigenvalue weighted by atomic mass is 10.2. The zero-order valence-corrected chi connectivity index (χ0v) is 14.1. The molecule has 0 aliphatic carbocycles. The summed E-state index contributed by atoms with van der Waals surface area (Å²) in [7, 11) is 2.09. The second kappa shape index (κ2) is 8.63. The molecule has 4 heteroatoms. The van der Waals surface area contributed by atoms with Crippen LogP contribution in [-0.4, -0.2) is 73.0 Å². The zero-order valence-electron chi connectivity index (χ0n) is 14.1. The summed E-state index contributed by atoms with van der Waals surface area (Å²) in [6.07, 6.45) is 2.83. The van der Waals surface area contributed by atoms with Crippen molar-refractivity contribution in [1.82, 2.24) is 14.7 Å². The monoisotopic (exact) mass is 283 g/mol. The van der Waals surface area contributed by atoms with Crippen LogP contribution in [0.5, 0.6) is 0 Å². The fraction of sp³-hybridized carbons (Fsp3) is 0.938. The van der Waals surface area contributed by atoms with Crippen molar-refractivity contribution in [3.63, 3.8) is 0 Å². The number of nitrogens with zero attached hydrogens (tertiary/aromatic N) is 3. The largest absolute Gasteiger partial charge is 0.340 e. The molecule has 118 valence electrons. The average molecular weight is 283 g/mol. The van der Waals surface area contributed by atoms with Gasteiger partial charge in [-0.05, 0) is 46.8 Å².